The Kier molecular flexibility index (Phi) is 3.89. The van der Waals surface area contributed by atoms with E-state index in [2.05, 4.69) is 0 Å². The van der Waals surface area contributed by atoms with Gasteiger partial charge in [-0.3, -0.25) is 4.79 Å². The van der Waals surface area contributed by atoms with Gasteiger partial charge < -0.3 is 14.3 Å². The number of ketones is 1. The summed E-state index contributed by atoms with van der Waals surface area (Å²) in [6.07, 6.45) is 0.0553. The topological polar surface area (TPSA) is 76.7 Å². The van der Waals surface area contributed by atoms with Gasteiger partial charge in [0.25, 0.3) is 0 Å². The number of ether oxygens (including phenoxy) is 1. The first-order valence-corrected chi connectivity index (χ1v) is 6.12. The van der Waals surface area contributed by atoms with E-state index in [9.17, 15) is 9.59 Å². The predicted molar refractivity (Wildman–Crippen MR) is 71.3 cm³/mol. The van der Waals surface area contributed by atoms with Gasteiger partial charge in [-0.15, -0.1) is 0 Å². The molecule has 0 aliphatic carbocycles. The molecular weight excluding hydrogens is 260 g/mol. The van der Waals surface area contributed by atoms with Crippen LogP contribution in [0.4, 0.5) is 0 Å². The highest BCUT2D eigenvalue weighted by Crippen LogP contribution is 2.18. The largest absolute Gasteiger partial charge is 0.491 e. The summed E-state index contributed by atoms with van der Waals surface area (Å²) in [4.78, 5) is 22.8. The molecule has 0 atom stereocenters. The van der Waals surface area contributed by atoms with Crippen molar-refractivity contribution in [2.45, 2.75) is 20.0 Å². The molecule has 1 aromatic carbocycles. The zero-order chi connectivity index (χ0) is 14.7. The molecule has 5 heteroatoms. The van der Waals surface area contributed by atoms with Gasteiger partial charge in [-0.1, -0.05) is 0 Å². The summed E-state index contributed by atoms with van der Waals surface area (Å²) >= 11 is 0. The van der Waals surface area contributed by atoms with E-state index in [0.29, 0.717) is 11.3 Å². The lowest BCUT2D eigenvalue weighted by Crippen LogP contribution is -2.06. The normalized spacial score (nSPS) is 10.6. The average molecular weight is 274 g/mol. The fourth-order valence-electron chi connectivity index (χ4n) is 1.67. The third-order valence-corrected chi connectivity index (χ3v) is 2.53. The summed E-state index contributed by atoms with van der Waals surface area (Å²) in [6, 6.07) is 9.21. The maximum absolute atomic E-state index is 12.1. The number of carbonyl (C=O) groups is 2. The SMILES string of the molecule is CC(C)Oc1ccc(C(=O)c2ccc(C(=O)O)o2)cc1. The first-order chi connectivity index (χ1) is 9.47. The molecule has 1 heterocycles. The molecule has 20 heavy (non-hydrogen) atoms. The summed E-state index contributed by atoms with van der Waals surface area (Å²) in [5.74, 6) is -1.16. The third-order valence-electron chi connectivity index (χ3n) is 2.53. The van der Waals surface area contributed by atoms with Crippen molar-refractivity contribution in [1.29, 1.82) is 0 Å². The molecule has 0 spiro atoms. The van der Waals surface area contributed by atoms with E-state index < -0.39 is 5.97 Å². The van der Waals surface area contributed by atoms with Gasteiger partial charge in [0, 0.05) is 5.56 Å². The molecule has 1 aromatic heterocycles. The summed E-state index contributed by atoms with van der Waals surface area (Å²) in [6.45, 7) is 3.82. The van der Waals surface area contributed by atoms with Crippen molar-refractivity contribution in [3.05, 3.63) is 53.5 Å². The maximum Gasteiger partial charge on any atom is 0.371 e. The Bertz CT molecular complexity index is 622. The summed E-state index contributed by atoms with van der Waals surface area (Å²) in [7, 11) is 0. The van der Waals surface area contributed by atoms with Crippen LogP contribution in [0.2, 0.25) is 0 Å². The molecule has 0 aliphatic heterocycles. The summed E-state index contributed by atoms with van der Waals surface area (Å²) in [5.41, 5.74) is 0.410. The van der Waals surface area contributed by atoms with Crippen molar-refractivity contribution in [2.24, 2.45) is 0 Å². The number of benzene rings is 1. The van der Waals surface area contributed by atoms with Gasteiger partial charge in [-0.2, -0.15) is 0 Å². The van der Waals surface area contributed by atoms with E-state index >= 15 is 0 Å². The first-order valence-electron chi connectivity index (χ1n) is 6.12. The highest BCUT2D eigenvalue weighted by molar-refractivity contribution is 6.07. The lowest BCUT2D eigenvalue weighted by molar-refractivity contribution is 0.0660. The van der Waals surface area contributed by atoms with Gasteiger partial charge in [-0.25, -0.2) is 4.79 Å². The number of aromatic carboxylic acids is 1. The molecule has 0 unspecified atom stereocenters. The van der Waals surface area contributed by atoms with E-state index in [1.165, 1.54) is 12.1 Å². The van der Waals surface area contributed by atoms with Crippen molar-refractivity contribution in [1.82, 2.24) is 0 Å². The number of carbonyl (C=O) groups excluding carboxylic acids is 1. The molecule has 0 saturated carbocycles. The van der Waals surface area contributed by atoms with Crippen molar-refractivity contribution in [3.63, 3.8) is 0 Å². The number of hydrogen-bond acceptors (Lipinski definition) is 4. The minimum Gasteiger partial charge on any atom is -0.491 e. The average Bonchev–Trinajstić information content (AvgIpc) is 2.88. The Morgan fingerprint density at radius 3 is 2.15 bits per heavy atom. The second-order valence-corrected chi connectivity index (χ2v) is 4.49. The van der Waals surface area contributed by atoms with Crippen molar-refractivity contribution in [3.8, 4) is 5.75 Å². The van der Waals surface area contributed by atoms with Crippen LogP contribution in [0.5, 0.6) is 5.75 Å². The molecule has 0 fully saturated rings. The van der Waals surface area contributed by atoms with Crippen LogP contribution in [0.3, 0.4) is 0 Å². The number of hydrogen-bond donors (Lipinski definition) is 1. The molecule has 1 N–H and O–H groups in total. The van der Waals surface area contributed by atoms with Crippen molar-refractivity contribution < 1.29 is 23.8 Å². The smallest absolute Gasteiger partial charge is 0.371 e. The van der Waals surface area contributed by atoms with Crippen LogP contribution >= 0.6 is 0 Å². The Labute approximate surface area is 115 Å². The van der Waals surface area contributed by atoms with Gasteiger partial charge in [0.05, 0.1) is 6.10 Å². The molecule has 0 saturated heterocycles. The first kappa shape index (κ1) is 13.9. The number of carboxylic acids is 1. The zero-order valence-electron chi connectivity index (χ0n) is 11.1. The molecular formula is C15H14O5. The minimum absolute atomic E-state index is 0.0000667. The lowest BCUT2D eigenvalue weighted by atomic mass is 10.1. The van der Waals surface area contributed by atoms with Gasteiger partial charge in [0.2, 0.25) is 11.5 Å². The third kappa shape index (κ3) is 3.06. The second kappa shape index (κ2) is 5.61. The number of carboxylic acid groups (broad SMARTS) is 1. The number of furan rings is 1. The standard InChI is InChI=1S/C15H14O5/c1-9(2)19-11-5-3-10(4-6-11)14(16)12-7-8-13(20-12)15(17)18/h3-9H,1-2H3,(H,17,18). The Balaban J connectivity index is 2.18. The van der Waals surface area contributed by atoms with Crippen LogP contribution in [0.25, 0.3) is 0 Å². The Morgan fingerprint density at radius 1 is 1.05 bits per heavy atom. The van der Waals surface area contributed by atoms with Crippen molar-refractivity contribution >= 4 is 11.8 Å². The van der Waals surface area contributed by atoms with Crippen LogP contribution in [0.15, 0.2) is 40.8 Å². The molecule has 104 valence electrons. The van der Waals surface area contributed by atoms with E-state index in [4.69, 9.17) is 14.3 Å². The van der Waals surface area contributed by atoms with E-state index in [1.54, 1.807) is 24.3 Å². The predicted octanol–water partition coefficient (Wildman–Crippen LogP) is 3.00. The van der Waals surface area contributed by atoms with Crippen LogP contribution < -0.4 is 4.74 Å². The van der Waals surface area contributed by atoms with Gasteiger partial charge in [0.15, 0.2) is 5.76 Å². The maximum atomic E-state index is 12.1. The number of rotatable bonds is 5. The Hall–Kier alpha value is -2.56. The van der Waals surface area contributed by atoms with Crippen molar-refractivity contribution in [2.75, 3.05) is 0 Å². The molecule has 0 amide bonds. The monoisotopic (exact) mass is 274 g/mol. The molecule has 0 radical (unpaired) electrons. The molecule has 5 nitrogen and oxygen atoms in total. The van der Waals surface area contributed by atoms with Crippen LogP contribution in [-0.2, 0) is 0 Å². The van der Waals surface area contributed by atoms with Gasteiger partial charge in [-0.05, 0) is 50.2 Å². The highest BCUT2D eigenvalue weighted by atomic mass is 16.5. The zero-order valence-corrected chi connectivity index (χ0v) is 11.1. The highest BCUT2D eigenvalue weighted by Gasteiger charge is 2.16. The van der Waals surface area contributed by atoms with E-state index in [0.717, 1.165) is 0 Å². The van der Waals surface area contributed by atoms with Gasteiger partial charge in [0.1, 0.15) is 5.75 Å². The van der Waals surface area contributed by atoms with E-state index in [-0.39, 0.29) is 23.4 Å². The fourth-order valence-corrected chi connectivity index (χ4v) is 1.67. The Morgan fingerprint density at radius 2 is 1.65 bits per heavy atom. The minimum atomic E-state index is -1.20. The quantitative estimate of drug-likeness (QED) is 0.848. The molecule has 2 rings (SSSR count). The van der Waals surface area contributed by atoms with E-state index in [1.807, 2.05) is 13.8 Å². The van der Waals surface area contributed by atoms with Crippen LogP contribution in [0.1, 0.15) is 40.5 Å². The summed E-state index contributed by atoms with van der Waals surface area (Å²) < 4.78 is 10.5. The molecule has 2 aromatic rings. The fraction of sp³-hybridized carbons (Fsp3) is 0.200. The lowest BCUT2D eigenvalue weighted by Gasteiger charge is -2.09. The summed E-state index contributed by atoms with van der Waals surface area (Å²) in [5, 5.41) is 8.75. The molecule has 0 aliphatic rings. The molecule has 0 bridgehead atoms. The van der Waals surface area contributed by atoms with Crippen LogP contribution in [-0.4, -0.2) is 23.0 Å². The van der Waals surface area contributed by atoms with Gasteiger partial charge >= 0.3 is 5.97 Å². The second-order valence-electron chi connectivity index (χ2n) is 4.49. The van der Waals surface area contributed by atoms with Crippen LogP contribution in [0, 0.1) is 0 Å².